The smallest absolute Gasteiger partial charge is 0.271 e. The van der Waals surface area contributed by atoms with E-state index in [1.54, 1.807) is 4.90 Å². The first-order valence-corrected chi connectivity index (χ1v) is 9.11. The van der Waals surface area contributed by atoms with Gasteiger partial charge in [0.25, 0.3) is 5.91 Å². The molecule has 1 aliphatic carbocycles. The molecule has 2 atom stereocenters. The predicted octanol–water partition coefficient (Wildman–Crippen LogP) is 1.08. The minimum atomic E-state index is -0.0443. The first-order chi connectivity index (χ1) is 11.6. The Bertz CT molecular complexity index is 637. The molecule has 2 aliphatic heterocycles. The Hall–Kier alpha value is -1.82. The number of fused-ring (bicyclic) bond motifs is 1. The maximum absolute atomic E-state index is 12.6. The molecule has 0 bridgehead atoms. The van der Waals surface area contributed by atoms with Crippen molar-refractivity contribution < 1.29 is 9.59 Å². The average Bonchev–Trinajstić information content (AvgIpc) is 3.31. The van der Waals surface area contributed by atoms with Crippen molar-refractivity contribution >= 4 is 11.8 Å². The summed E-state index contributed by atoms with van der Waals surface area (Å²) < 4.78 is 1.97. The van der Waals surface area contributed by atoms with E-state index in [0.717, 1.165) is 38.5 Å². The van der Waals surface area contributed by atoms with Crippen molar-refractivity contribution in [3.05, 3.63) is 24.0 Å². The molecule has 1 saturated carbocycles. The fourth-order valence-corrected chi connectivity index (χ4v) is 4.05. The zero-order valence-electron chi connectivity index (χ0n) is 14.3. The van der Waals surface area contributed by atoms with Crippen LogP contribution in [-0.2, 0) is 11.3 Å². The second-order valence-corrected chi connectivity index (χ2v) is 7.46. The third kappa shape index (κ3) is 3.07. The third-order valence-corrected chi connectivity index (χ3v) is 5.50. The van der Waals surface area contributed by atoms with Crippen LogP contribution in [0.1, 0.15) is 43.1 Å². The van der Waals surface area contributed by atoms with Crippen LogP contribution < -0.4 is 5.32 Å². The number of amides is 2. The molecule has 1 aromatic rings. The van der Waals surface area contributed by atoms with Gasteiger partial charge in [0.05, 0.1) is 0 Å². The van der Waals surface area contributed by atoms with Gasteiger partial charge >= 0.3 is 0 Å². The quantitative estimate of drug-likeness (QED) is 0.899. The number of nitrogens with one attached hydrogen (secondary N) is 1. The summed E-state index contributed by atoms with van der Waals surface area (Å²) in [4.78, 5) is 29.3. The minimum Gasteiger partial charge on any atom is -0.351 e. The maximum atomic E-state index is 12.6. The molecular weight excluding hydrogens is 304 g/mol. The van der Waals surface area contributed by atoms with Crippen molar-refractivity contribution in [3.8, 4) is 0 Å². The summed E-state index contributed by atoms with van der Waals surface area (Å²) in [5.74, 6) is -0.0741. The SMILES string of the molecule is CC1Cn2cccc2C(=O)N1CC(=O)N[C@@H]1CCCN(C2CC2)C1. The summed E-state index contributed by atoms with van der Waals surface area (Å²) in [5.41, 5.74) is 0.679. The summed E-state index contributed by atoms with van der Waals surface area (Å²) in [5, 5.41) is 3.16. The molecule has 1 aromatic heterocycles. The summed E-state index contributed by atoms with van der Waals surface area (Å²) >= 11 is 0. The molecule has 6 heteroatoms. The Kier molecular flexibility index (Phi) is 4.08. The van der Waals surface area contributed by atoms with Gasteiger partial charge in [-0.15, -0.1) is 0 Å². The lowest BCUT2D eigenvalue weighted by atomic mass is 10.1. The lowest BCUT2D eigenvalue weighted by Crippen LogP contribution is -2.54. The highest BCUT2D eigenvalue weighted by Gasteiger charge is 2.34. The van der Waals surface area contributed by atoms with Crippen LogP contribution in [-0.4, -0.2) is 63.9 Å². The standard InChI is InChI=1S/C18H26N4O2/c1-13-10-21-9-3-5-16(21)18(24)22(13)12-17(23)19-14-4-2-8-20(11-14)15-6-7-15/h3,5,9,13-15H,2,4,6-8,10-12H2,1H3,(H,19,23)/t13?,14-/m1/s1. The molecule has 3 aliphatic rings. The highest BCUT2D eigenvalue weighted by Crippen LogP contribution is 2.29. The first-order valence-electron chi connectivity index (χ1n) is 9.11. The van der Waals surface area contributed by atoms with Crippen LogP contribution in [0.3, 0.4) is 0 Å². The molecule has 1 saturated heterocycles. The Labute approximate surface area is 142 Å². The van der Waals surface area contributed by atoms with Gasteiger partial charge in [-0.3, -0.25) is 14.5 Å². The van der Waals surface area contributed by atoms with Crippen molar-refractivity contribution in [3.63, 3.8) is 0 Å². The number of hydrogen-bond donors (Lipinski definition) is 1. The van der Waals surface area contributed by atoms with E-state index in [1.165, 1.54) is 12.8 Å². The molecule has 0 radical (unpaired) electrons. The number of piperidine rings is 1. The molecule has 130 valence electrons. The summed E-state index contributed by atoms with van der Waals surface area (Å²) in [7, 11) is 0. The fraction of sp³-hybridized carbons (Fsp3) is 0.667. The van der Waals surface area contributed by atoms with E-state index < -0.39 is 0 Å². The molecule has 0 aromatic carbocycles. The number of carbonyl (C=O) groups excluding carboxylic acids is 2. The number of nitrogens with zero attached hydrogens (tertiary/aromatic N) is 3. The predicted molar refractivity (Wildman–Crippen MR) is 90.7 cm³/mol. The van der Waals surface area contributed by atoms with Gasteiger partial charge < -0.3 is 14.8 Å². The lowest BCUT2D eigenvalue weighted by molar-refractivity contribution is -0.123. The van der Waals surface area contributed by atoms with Crippen molar-refractivity contribution in [2.45, 2.75) is 57.3 Å². The molecular formula is C18H26N4O2. The van der Waals surface area contributed by atoms with Gasteiger partial charge in [-0.05, 0) is 51.3 Å². The molecule has 6 nitrogen and oxygen atoms in total. The van der Waals surface area contributed by atoms with Gasteiger partial charge in [-0.25, -0.2) is 0 Å². The second-order valence-electron chi connectivity index (χ2n) is 7.46. The Morgan fingerprint density at radius 2 is 2.12 bits per heavy atom. The van der Waals surface area contributed by atoms with Gasteiger partial charge in [0.2, 0.25) is 5.91 Å². The zero-order chi connectivity index (χ0) is 16.7. The second kappa shape index (κ2) is 6.24. The van der Waals surface area contributed by atoms with E-state index >= 15 is 0 Å². The monoisotopic (exact) mass is 330 g/mol. The van der Waals surface area contributed by atoms with Crippen molar-refractivity contribution in [1.82, 2.24) is 19.7 Å². The number of rotatable bonds is 4. The molecule has 0 spiro atoms. The van der Waals surface area contributed by atoms with Crippen molar-refractivity contribution in [2.24, 2.45) is 0 Å². The summed E-state index contributed by atoms with van der Waals surface area (Å²) in [6.07, 6.45) is 6.73. The van der Waals surface area contributed by atoms with Crippen LogP contribution in [0.25, 0.3) is 0 Å². The Morgan fingerprint density at radius 3 is 2.92 bits per heavy atom. The normalized spacial score (nSPS) is 27.9. The molecule has 2 fully saturated rings. The van der Waals surface area contributed by atoms with E-state index in [0.29, 0.717) is 5.69 Å². The van der Waals surface area contributed by atoms with Gasteiger partial charge in [0, 0.05) is 37.4 Å². The number of carbonyl (C=O) groups is 2. The lowest BCUT2D eigenvalue weighted by Gasteiger charge is -2.36. The van der Waals surface area contributed by atoms with Crippen molar-refractivity contribution in [2.75, 3.05) is 19.6 Å². The minimum absolute atomic E-state index is 0.0298. The van der Waals surface area contributed by atoms with Crippen LogP contribution in [0.15, 0.2) is 18.3 Å². The van der Waals surface area contributed by atoms with Crippen LogP contribution in [0.5, 0.6) is 0 Å². The number of aromatic nitrogens is 1. The largest absolute Gasteiger partial charge is 0.351 e. The van der Waals surface area contributed by atoms with Crippen LogP contribution in [0.4, 0.5) is 0 Å². The van der Waals surface area contributed by atoms with Gasteiger partial charge in [0.15, 0.2) is 0 Å². The van der Waals surface area contributed by atoms with E-state index in [2.05, 4.69) is 10.2 Å². The van der Waals surface area contributed by atoms with Gasteiger partial charge in [-0.2, -0.15) is 0 Å². The van der Waals surface area contributed by atoms with Crippen LogP contribution in [0, 0.1) is 0 Å². The Balaban J connectivity index is 1.35. The fourth-order valence-electron chi connectivity index (χ4n) is 4.05. The van der Waals surface area contributed by atoms with E-state index in [9.17, 15) is 9.59 Å². The van der Waals surface area contributed by atoms with Gasteiger partial charge in [-0.1, -0.05) is 0 Å². The molecule has 24 heavy (non-hydrogen) atoms. The van der Waals surface area contributed by atoms with E-state index in [1.807, 2.05) is 29.8 Å². The van der Waals surface area contributed by atoms with Crippen LogP contribution in [0.2, 0.25) is 0 Å². The summed E-state index contributed by atoms with van der Waals surface area (Å²) in [6, 6.07) is 4.73. The van der Waals surface area contributed by atoms with Crippen molar-refractivity contribution in [1.29, 1.82) is 0 Å². The number of likely N-dealkylation sites (tertiary alicyclic amines) is 1. The van der Waals surface area contributed by atoms with E-state index in [-0.39, 0.29) is 30.4 Å². The molecule has 4 rings (SSSR count). The topological polar surface area (TPSA) is 57.6 Å². The highest BCUT2D eigenvalue weighted by atomic mass is 16.2. The number of hydrogen-bond acceptors (Lipinski definition) is 3. The molecule has 1 N–H and O–H groups in total. The highest BCUT2D eigenvalue weighted by molar-refractivity contribution is 5.96. The zero-order valence-corrected chi connectivity index (χ0v) is 14.3. The Morgan fingerprint density at radius 1 is 1.29 bits per heavy atom. The maximum Gasteiger partial charge on any atom is 0.271 e. The molecule has 3 heterocycles. The first kappa shape index (κ1) is 15.7. The molecule has 1 unspecified atom stereocenters. The third-order valence-electron chi connectivity index (χ3n) is 5.50. The summed E-state index contributed by atoms with van der Waals surface area (Å²) in [6.45, 7) is 5.04. The van der Waals surface area contributed by atoms with E-state index in [4.69, 9.17) is 0 Å². The van der Waals surface area contributed by atoms with Crippen LogP contribution >= 0.6 is 0 Å². The molecule has 2 amide bonds. The average molecular weight is 330 g/mol. The van der Waals surface area contributed by atoms with Gasteiger partial charge in [0.1, 0.15) is 12.2 Å².